The lowest BCUT2D eigenvalue weighted by Gasteiger charge is -2.36. The maximum absolute atomic E-state index is 12.8. The Morgan fingerprint density at radius 2 is 1.83 bits per heavy atom. The topological polar surface area (TPSA) is 84.9 Å². The van der Waals surface area contributed by atoms with Crippen molar-refractivity contribution < 1.29 is 23.0 Å². The van der Waals surface area contributed by atoms with Gasteiger partial charge in [0.2, 0.25) is 0 Å². The number of aliphatic hydroxyl groups is 1. The zero-order valence-electron chi connectivity index (χ0n) is 16.5. The third-order valence-corrected chi connectivity index (χ3v) is 7.17. The zero-order chi connectivity index (χ0) is 20.4. The van der Waals surface area contributed by atoms with Gasteiger partial charge in [0.25, 0.3) is 10.0 Å². The molecule has 2 aliphatic heterocycles. The van der Waals surface area contributed by atoms with E-state index in [2.05, 4.69) is 4.72 Å². The molecule has 6 nitrogen and oxygen atoms in total. The molecule has 2 heterocycles. The van der Waals surface area contributed by atoms with Gasteiger partial charge in [-0.15, -0.1) is 0 Å². The highest BCUT2D eigenvalue weighted by molar-refractivity contribution is 7.92. The number of nitrogens with one attached hydrogen (secondary N) is 1. The van der Waals surface area contributed by atoms with Crippen LogP contribution in [0.25, 0.3) is 0 Å². The Labute approximate surface area is 171 Å². The van der Waals surface area contributed by atoms with Gasteiger partial charge in [-0.1, -0.05) is 19.1 Å². The van der Waals surface area contributed by atoms with Crippen molar-refractivity contribution in [1.82, 2.24) is 0 Å². The first-order chi connectivity index (χ1) is 14.0. The van der Waals surface area contributed by atoms with Gasteiger partial charge in [0, 0.05) is 36.8 Å². The first-order valence-electron chi connectivity index (χ1n) is 10.1. The van der Waals surface area contributed by atoms with Crippen molar-refractivity contribution in [2.45, 2.75) is 49.7 Å². The first kappa shape index (κ1) is 20.2. The third-order valence-electron chi connectivity index (χ3n) is 5.79. The molecule has 1 saturated heterocycles. The summed E-state index contributed by atoms with van der Waals surface area (Å²) < 4.78 is 39.8. The summed E-state index contributed by atoms with van der Waals surface area (Å²) in [6, 6.07) is 12.0. The quantitative estimate of drug-likeness (QED) is 0.776. The highest BCUT2D eigenvalue weighted by Gasteiger charge is 2.34. The number of fused-ring (bicyclic) bond motifs is 1. The van der Waals surface area contributed by atoms with Gasteiger partial charge in [0.1, 0.15) is 11.9 Å². The zero-order valence-corrected chi connectivity index (χ0v) is 17.3. The fourth-order valence-corrected chi connectivity index (χ4v) is 5.11. The van der Waals surface area contributed by atoms with Crippen LogP contribution in [0.3, 0.4) is 0 Å². The monoisotopic (exact) mass is 417 g/mol. The van der Waals surface area contributed by atoms with Crippen LogP contribution < -0.4 is 9.46 Å². The smallest absolute Gasteiger partial charge is 0.261 e. The number of anilines is 1. The van der Waals surface area contributed by atoms with E-state index in [-0.39, 0.29) is 11.0 Å². The van der Waals surface area contributed by atoms with Gasteiger partial charge in [0.15, 0.2) is 0 Å². The van der Waals surface area contributed by atoms with Crippen molar-refractivity contribution >= 4 is 15.7 Å². The van der Waals surface area contributed by atoms with E-state index in [4.69, 9.17) is 9.47 Å². The van der Waals surface area contributed by atoms with E-state index in [0.29, 0.717) is 29.3 Å². The minimum atomic E-state index is -3.76. The minimum absolute atomic E-state index is 0.0703. The molecule has 2 aliphatic rings. The molecule has 0 saturated carbocycles. The number of hydrogen-bond donors (Lipinski definition) is 2. The molecule has 0 aromatic heterocycles. The van der Waals surface area contributed by atoms with Gasteiger partial charge in [-0.2, -0.15) is 0 Å². The van der Waals surface area contributed by atoms with E-state index in [1.165, 1.54) is 12.1 Å². The summed E-state index contributed by atoms with van der Waals surface area (Å²) in [7, 11) is -3.76. The normalized spacial score (nSPS) is 22.6. The Morgan fingerprint density at radius 3 is 2.52 bits per heavy atom. The second kappa shape index (κ2) is 8.34. The molecule has 2 aromatic rings. The van der Waals surface area contributed by atoms with E-state index in [0.717, 1.165) is 38.0 Å². The van der Waals surface area contributed by atoms with E-state index >= 15 is 0 Å². The molecule has 0 radical (unpaired) electrons. The second-order valence-electron chi connectivity index (χ2n) is 7.71. The number of sulfonamides is 1. The molecule has 2 aromatic carbocycles. The maximum Gasteiger partial charge on any atom is 0.261 e. The molecule has 2 unspecified atom stereocenters. The third kappa shape index (κ3) is 4.42. The van der Waals surface area contributed by atoms with Crippen molar-refractivity contribution in [1.29, 1.82) is 0 Å². The van der Waals surface area contributed by atoms with Gasteiger partial charge in [0.05, 0.1) is 11.0 Å². The summed E-state index contributed by atoms with van der Waals surface area (Å²) in [6.45, 7) is 3.48. The first-order valence-corrected chi connectivity index (χ1v) is 11.6. The Morgan fingerprint density at radius 1 is 1.10 bits per heavy atom. The van der Waals surface area contributed by atoms with Crippen molar-refractivity contribution in [2.75, 3.05) is 17.9 Å². The van der Waals surface area contributed by atoms with Crippen LogP contribution in [-0.4, -0.2) is 32.8 Å². The minimum Gasteiger partial charge on any atom is -0.490 e. The number of ether oxygens (including phenoxy) is 2. The molecule has 29 heavy (non-hydrogen) atoms. The Hall–Kier alpha value is -2.09. The number of hydrogen-bond acceptors (Lipinski definition) is 5. The van der Waals surface area contributed by atoms with Crippen LogP contribution in [0, 0.1) is 5.92 Å². The van der Waals surface area contributed by atoms with Crippen LogP contribution in [-0.2, 0) is 21.2 Å². The van der Waals surface area contributed by atoms with Crippen LogP contribution in [0.4, 0.5) is 5.69 Å². The molecule has 156 valence electrons. The van der Waals surface area contributed by atoms with Gasteiger partial charge in [-0.05, 0) is 55.2 Å². The number of aryl methyl sites for hydroxylation is 1. The van der Waals surface area contributed by atoms with Crippen molar-refractivity contribution in [3.05, 3.63) is 53.6 Å². The number of aliphatic hydroxyl groups excluding tert-OH is 1. The molecule has 2 N–H and O–H groups in total. The van der Waals surface area contributed by atoms with Gasteiger partial charge >= 0.3 is 0 Å². The van der Waals surface area contributed by atoms with Crippen molar-refractivity contribution in [3.63, 3.8) is 0 Å². The van der Waals surface area contributed by atoms with Crippen LogP contribution in [0.5, 0.6) is 5.75 Å². The fraction of sp³-hybridized carbons (Fsp3) is 0.455. The Balaban J connectivity index is 1.53. The summed E-state index contributed by atoms with van der Waals surface area (Å²) in [6.07, 6.45) is 2.38. The lowest BCUT2D eigenvalue weighted by molar-refractivity contribution is -0.0151. The number of rotatable bonds is 5. The summed E-state index contributed by atoms with van der Waals surface area (Å²) in [5, 5.41) is 10.7. The van der Waals surface area contributed by atoms with Crippen LogP contribution in [0.1, 0.15) is 43.4 Å². The molecule has 2 atom stereocenters. The predicted molar refractivity (Wildman–Crippen MR) is 111 cm³/mol. The fourth-order valence-electron chi connectivity index (χ4n) is 4.02. The summed E-state index contributed by atoms with van der Waals surface area (Å²) in [4.78, 5) is 0.114. The average Bonchev–Trinajstić information content (AvgIpc) is 2.74. The van der Waals surface area contributed by atoms with Gasteiger partial charge in [-0.25, -0.2) is 8.42 Å². The summed E-state index contributed by atoms with van der Waals surface area (Å²) in [5.74, 6) is 0.911. The largest absolute Gasteiger partial charge is 0.490 e. The van der Waals surface area contributed by atoms with Crippen LogP contribution in [0.2, 0.25) is 0 Å². The molecule has 0 bridgehead atoms. The highest BCUT2D eigenvalue weighted by Crippen LogP contribution is 2.40. The number of benzene rings is 2. The van der Waals surface area contributed by atoms with Crippen LogP contribution in [0.15, 0.2) is 47.4 Å². The lowest BCUT2D eigenvalue weighted by Crippen LogP contribution is -2.36. The standard InChI is InChI=1S/C22H27NO5S/c1-2-15-3-5-17(6-4-15)23-29(25,26)18-7-8-21-19(13-18)20(24)14-22(28-21)16-9-11-27-12-10-16/h3-8,13,16,20,22-24H,2,9-12,14H2,1H3. The highest BCUT2D eigenvalue weighted by atomic mass is 32.2. The Bertz CT molecular complexity index is 952. The second-order valence-corrected chi connectivity index (χ2v) is 9.40. The molecule has 0 amide bonds. The van der Waals surface area contributed by atoms with E-state index in [1.807, 2.05) is 19.1 Å². The summed E-state index contributed by atoms with van der Waals surface area (Å²) in [5.41, 5.74) is 2.18. The van der Waals surface area contributed by atoms with Gasteiger partial charge < -0.3 is 14.6 Å². The molecular formula is C22H27NO5S. The molecule has 7 heteroatoms. The van der Waals surface area contributed by atoms with E-state index in [1.54, 1.807) is 18.2 Å². The SMILES string of the molecule is CCc1ccc(NS(=O)(=O)c2ccc3c(c2)C(O)CC(C2CCOCC2)O3)cc1. The summed E-state index contributed by atoms with van der Waals surface area (Å²) >= 11 is 0. The lowest BCUT2D eigenvalue weighted by atomic mass is 9.87. The van der Waals surface area contributed by atoms with Crippen molar-refractivity contribution in [2.24, 2.45) is 5.92 Å². The molecule has 1 fully saturated rings. The molecule has 4 rings (SSSR count). The van der Waals surface area contributed by atoms with Gasteiger partial charge in [-0.3, -0.25) is 4.72 Å². The maximum atomic E-state index is 12.8. The van der Waals surface area contributed by atoms with E-state index < -0.39 is 16.1 Å². The van der Waals surface area contributed by atoms with Crippen LogP contribution >= 0.6 is 0 Å². The average molecular weight is 418 g/mol. The predicted octanol–water partition coefficient (Wildman–Crippen LogP) is 3.66. The Kier molecular flexibility index (Phi) is 5.81. The molecular weight excluding hydrogens is 390 g/mol. The van der Waals surface area contributed by atoms with Crippen molar-refractivity contribution in [3.8, 4) is 5.75 Å². The van der Waals surface area contributed by atoms with E-state index in [9.17, 15) is 13.5 Å². The molecule has 0 spiro atoms. The molecule has 0 aliphatic carbocycles.